The van der Waals surface area contributed by atoms with E-state index in [1.165, 1.54) is 9.75 Å². The lowest BCUT2D eigenvalue weighted by Crippen LogP contribution is -2.43. The monoisotopic (exact) mass is 378 g/mol. The highest BCUT2D eigenvalue weighted by Gasteiger charge is 2.09. The van der Waals surface area contributed by atoms with E-state index in [0.29, 0.717) is 6.54 Å². The number of aromatic nitrogens is 3. The van der Waals surface area contributed by atoms with Gasteiger partial charge in [-0.15, -0.1) is 21.5 Å². The van der Waals surface area contributed by atoms with Gasteiger partial charge in [0.15, 0.2) is 11.8 Å². The lowest BCUT2D eigenvalue weighted by molar-refractivity contribution is 0.195. The van der Waals surface area contributed by atoms with Crippen LogP contribution in [0.25, 0.3) is 0 Å². The van der Waals surface area contributed by atoms with E-state index >= 15 is 0 Å². The van der Waals surface area contributed by atoms with Gasteiger partial charge in [0.2, 0.25) is 0 Å². The lowest BCUT2D eigenvalue weighted by Gasteiger charge is -2.18. The van der Waals surface area contributed by atoms with E-state index in [-0.39, 0.29) is 6.04 Å². The molecule has 0 aliphatic rings. The summed E-state index contributed by atoms with van der Waals surface area (Å²) >= 11 is 1.84. The second-order valence-corrected chi connectivity index (χ2v) is 7.79. The van der Waals surface area contributed by atoms with Crippen molar-refractivity contribution in [2.75, 3.05) is 20.3 Å². The summed E-state index contributed by atoms with van der Waals surface area (Å²) in [5.41, 5.74) is 0. The number of thiophene rings is 1. The van der Waals surface area contributed by atoms with Crippen LogP contribution >= 0.6 is 11.3 Å². The molecule has 2 aromatic heterocycles. The molecule has 0 radical (unpaired) electrons. The molecule has 1 unspecified atom stereocenters. The number of aryl methyl sites for hydroxylation is 2. The molecule has 0 saturated heterocycles. The smallest absolute Gasteiger partial charge is 0.191 e. The maximum Gasteiger partial charge on any atom is 0.191 e. The van der Waals surface area contributed by atoms with E-state index in [1.54, 1.807) is 7.11 Å². The first-order valence-electron chi connectivity index (χ1n) is 8.93. The Hall–Kier alpha value is -1.93. The first kappa shape index (κ1) is 20.4. The summed E-state index contributed by atoms with van der Waals surface area (Å²) in [4.78, 5) is 7.41. The average molecular weight is 379 g/mol. The van der Waals surface area contributed by atoms with Crippen molar-refractivity contribution in [3.63, 3.8) is 0 Å². The Kier molecular flexibility index (Phi) is 8.06. The summed E-state index contributed by atoms with van der Waals surface area (Å²) in [6.07, 6.45) is 1.90. The summed E-state index contributed by atoms with van der Waals surface area (Å²) in [6.45, 7) is 8.28. The molecule has 0 spiro atoms. The second kappa shape index (κ2) is 10.3. The van der Waals surface area contributed by atoms with Gasteiger partial charge in [0.1, 0.15) is 12.4 Å². The van der Waals surface area contributed by atoms with E-state index in [1.807, 2.05) is 29.9 Å². The summed E-state index contributed by atoms with van der Waals surface area (Å²) < 4.78 is 7.08. The van der Waals surface area contributed by atoms with Crippen molar-refractivity contribution in [2.24, 2.45) is 12.0 Å². The van der Waals surface area contributed by atoms with Crippen LogP contribution in [0.15, 0.2) is 17.1 Å². The molecule has 1 atom stereocenters. The van der Waals surface area contributed by atoms with Crippen LogP contribution in [0, 0.1) is 13.8 Å². The van der Waals surface area contributed by atoms with Gasteiger partial charge in [0, 0.05) is 49.5 Å². The molecule has 0 aliphatic heterocycles. The molecule has 2 heterocycles. The topological polar surface area (TPSA) is 76.4 Å². The lowest BCUT2D eigenvalue weighted by atomic mass is 10.2. The Morgan fingerprint density at radius 2 is 2.15 bits per heavy atom. The first-order chi connectivity index (χ1) is 12.5. The fraction of sp³-hybridized carbons (Fsp3) is 0.611. The van der Waals surface area contributed by atoms with Crippen LogP contribution in [0.2, 0.25) is 0 Å². The molecular weight excluding hydrogens is 348 g/mol. The number of hydrogen-bond acceptors (Lipinski definition) is 5. The standard InChI is InChI=1S/C18H30N6OS/c1-13(11-16-8-7-14(2)26-16)21-18(19-9-6-10-25-5)20-12-17-23-22-15(3)24(17)4/h7-8,13H,6,9-12H2,1-5H3,(H2,19,20,21). The number of hydrogen-bond donors (Lipinski definition) is 2. The van der Waals surface area contributed by atoms with Crippen molar-refractivity contribution in [1.82, 2.24) is 25.4 Å². The molecule has 0 aromatic carbocycles. The van der Waals surface area contributed by atoms with Crippen molar-refractivity contribution in [2.45, 2.75) is 46.2 Å². The van der Waals surface area contributed by atoms with Crippen LogP contribution in [0.3, 0.4) is 0 Å². The number of methoxy groups -OCH3 is 1. The van der Waals surface area contributed by atoms with Crippen LogP contribution in [0.1, 0.15) is 34.7 Å². The quantitative estimate of drug-likeness (QED) is 0.397. The van der Waals surface area contributed by atoms with Crippen LogP contribution in [-0.4, -0.2) is 47.0 Å². The van der Waals surface area contributed by atoms with Gasteiger partial charge in [-0.05, 0) is 39.3 Å². The molecule has 7 nitrogen and oxygen atoms in total. The van der Waals surface area contributed by atoms with Crippen molar-refractivity contribution in [3.05, 3.63) is 33.5 Å². The Balaban J connectivity index is 1.97. The number of aliphatic imine (C=N–C) groups is 1. The van der Waals surface area contributed by atoms with Gasteiger partial charge in [0.25, 0.3) is 0 Å². The van der Waals surface area contributed by atoms with Crippen LogP contribution in [-0.2, 0) is 24.8 Å². The van der Waals surface area contributed by atoms with Gasteiger partial charge < -0.3 is 19.9 Å². The van der Waals surface area contributed by atoms with Crippen LogP contribution < -0.4 is 10.6 Å². The minimum absolute atomic E-state index is 0.281. The Morgan fingerprint density at radius 1 is 1.35 bits per heavy atom. The van der Waals surface area contributed by atoms with E-state index in [0.717, 1.165) is 43.6 Å². The molecule has 0 saturated carbocycles. The Bertz CT molecular complexity index is 708. The highest BCUT2D eigenvalue weighted by atomic mass is 32.1. The van der Waals surface area contributed by atoms with Crippen LogP contribution in [0.4, 0.5) is 0 Å². The fourth-order valence-corrected chi connectivity index (χ4v) is 3.51. The third-order valence-corrected chi connectivity index (χ3v) is 5.09. The average Bonchev–Trinajstić information content (AvgIpc) is 3.15. The molecule has 26 heavy (non-hydrogen) atoms. The van der Waals surface area contributed by atoms with Crippen molar-refractivity contribution in [3.8, 4) is 0 Å². The van der Waals surface area contributed by atoms with Crippen LogP contribution in [0.5, 0.6) is 0 Å². The number of rotatable bonds is 9. The molecule has 0 amide bonds. The predicted octanol–water partition coefficient (Wildman–Crippen LogP) is 2.20. The summed E-state index contributed by atoms with van der Waals surface area (Å²) in [6, 6.07) is 4.65. The van der Waals surface area contributed by atoms with Crippen molar-refractivity contribution < 1.29 is 4.74 Å². The summed E-state index contributed by atoms with van der Waals surface area (Å²) in [7, 11) is 3.68. The van der Waals surface area contributed by atoms with Gasteiger partial charge in [-0.2, -0.15) is 0 Å². The molecule has 2 rings (SSSR count). The first-order valence-corrected chi connectivity index (χ1v) is 9.75. The van der Waals surface area contributed by atoms with Crippen molar-refractivity contribution in [1.29, 1.82) is 0 Å². The highest BCUT2D eigenvalue weighted by molar-refractivity contribution is 7.11. The Labute approximate surface area is 159 Å². The van der Waals surface area contributed by atoms with Gasteiger partial charge >= 0.3 is 0 Å². The minimum Gasteiger partial charge on any atom is -0.385 e. The normalized spacial score (nSPS) is 13.0. The number of nitrogens with zero attached hydrogens (tertiary/aromatic N) is 4. The summed E-state index contributed by atoms with van der Waals surface area (Å²) in [5.74, 6) is 2.53. The molecule has 2 N–H and O–H groups in total. The maximum atomic E-state index is 5.11. The Morgan fingerprint density at radius 3 is 2.77 bits per heavy atom. The molecule has 2 aromatic rings. The second-order valence-electron chi connectivity index (χ2n) is 6.42. The van der Waals surface area contributed by atoms with Gasteiger partial charge in [-0.1, -0.05) is 0 Å². The largest absolute Gasteiger partial charge is 0.385 e. The summed E-state index contributed by atoms with van der Waals surface area (Å²) in [5, 5.41) is 15.1. The predicted molar refractivity (Wildman–Crippen MR) is 107 cm³/mol. The third kappa shape index (κ3) is 6.42. The zero-order valence-electron chi connectivity index (χ0n) is 16.4. The fourth-order valence-electron chi connectivity index (χ4n) is 2.50. The number of guanidine groups is 1. The molecule has 0 aliphatic carbocycles. The maximum absolute atomic E-state index is 5.11. The van der Waals surface area contributed by atoms with Gasteiger partial charge in [-0.3, -0.25) is 0 Å². The number of nitrogens with one attached hydrogen (secondary N) is 2. The number of ether oxygens (including phenoxy) is 1. The van der Waals surface area contributed by atoms with E-state index < -0.39 is 0 Å². The molecule has 144 valence electrons. The molecule has 0 fully saturated rings. The van der Waals surface area contributed by atoms with E-state index in [2.05, 4.69) is 51.8 Å². The molecule has 0 bridgehead atoms. The van der Waals surface area contributed by atoms with Gasteiger partial charge in [-0.25, -0.2) is 4.99 Å². The third-order valence-electron chi connectivity index (χ3n) is 4.07. The molecular formula is C18H30N6OS. The van der Waals surface area contributed by atoms with E-state index in [9.17, 15) is 0 Å². The molecule has 8 heteroatoms. The SMILES string of the molecule is COCCCNC(=NCc1nnc(C)n1C)NC(C)Cc1ccc(C)s1. The highest BCUT2D eigenvalue weighted by Crippen LogP contribution is 2.16. The zero-order valence-corrected chi connectivity index (χ0v) is 17.2. The van der Waals surface area contributed by atoms with E-state index in [4.69, 9.17) is 4.74 Å². The van der Waals surface area contributed by atoms with Gasteiger partial charge in [0.05, 0.1) is 0 Å². The van der Waals surface area contributed by atoms with Crippen molar-refractivity contribution >= 4 is 17.3 Å². The zero-order chi connectivity index (χ0) is 18.9. The minimum atomic E-state index is 0.281.